The minimum atomic E-state index is -0.685. The number of methoxy groups -OCH3 is 1. The minimum absolute atomic E-state index is 0.122. The van der Waals surface area contributed by atoms with Crippen molar-refractivity contribution >= 4 is 29.3 Å². The second-order valence-corrected chi connectivity index (χ2v) is 6.12. The zero-order valence-electron chi connectivity index (χ0n) is 13.8. The van der Waals surface area contributed by atoms with Gasteiger partial charge in [0, 0.05) is 11.0 Å². The Balaban J connectivity index is 1.80. The van der Waals surface area contributed by atoms with Crippen LogP contribution in [0.3, 0.4) is 0 Å². The van der Waals surface area contributed by atoms with Gasteiger partial charge in [-0.3, -0.25) is 4.79 Å². The van der Waals surface area contributed by atoms with Crippen molar-refractivity contribution < 1.29 is 23.5 Å². The van der Waals surface area contributed by atoms with Gasteiger partial charge in [-0.05, 0) is 42.1 Å². The van der Waals surface area contributed by atoms with Crippen molar-refractivity contribution in [2.24, 2.45) is 0 Å². The zero-order valence-corrected chi connectivity index (χ0v) is 14.6. The average molecular weight is 363 g/mol. The quantitative estimate of drug-likeness (QED) is 0.605. The molecule has 0 saturated heterocycles. The molecule has 1 atom stereocenters. The van der Waals surface area contributed by atoms with Crippen LogP contribution in [0.2, 0.25) is 0 Å². The molecule has 1 heterocycles. The number of thiophene rings is 1. The third-order valence-corrected chi connectivity index (χ3v) is 4.34. The van der Waals surface area contributed by atoms with Gasteiger partial charge in [-0.25, -0.2) is 9.18 Å². The molecule has 0 bridgehead atoms. The summed E-state index contributed by atoms with van der Waals surface area (Å²) >= 11 is 1.53. The fraction of sp³-hybridized carbons (Fsp3) is 0.222. The van der Waals surface area contributed by atoms with Crippen molar-refractivity contribution in [3.63, 3.8) is 0 Å². The Bertz CT molecular complexity index is 758. The zero-order chi connectivity index (χ0) is 18.2. The molecule has 0 aliphatic carbocycles. The first-order valence-corrected chi connectivity index (χ1v) is 8.38. The third-order valence-electron chi connectivity index (χ3n) is 3.28. The Hall–Kier alpha value is -2.67. The number of rotatable bonds is 7. The summed E-state index contributed by atoms with van der Waals surface area (Å²) < 4.78 is 23.2. The third kappa shape index (κ3) is 5.72. The monoisotopic (exact) mass is 363 g/mol. The molecule has 7 heteroatoms. The average Bonchev–Trinajstić information content (AvgIpc) is 3.13. The molecule has 2 rings (SSSR count). The van der Waals surface area contributed by atoms with Gasteiger partial charge < -0.3 is 14.8 Å². The predicted molar refractivity (Wildman–Crippen MR) is 93.8 cm³/mol. The molecule has 0 fully saturated rings. The van der Waals surface area contributed by atoms with E-state index < -0.39 is 17.7 Å². The van der Waals surface area contributed by atoms with Gasteiger partial charge in [-0.2, -0.15) is 0 Å². The Morgan fingerprint density at radius 1 is 1.36 bits per heavy atom. The molecule has 0 spiro atoms. The van der Waals surface area contributed by atoms with E-state index in [4.69, 9.17) is 9.47 Å². The summed E-state index contributed by atoms with van der Waals surface area (Å²) in [7, 11) is 1.37. The maximum Gasteiger partial charge on any atom is 0.331 e. The van der Waals surface area contributed by atoms with Crippen LogP contribution in [0, 0.1) is 5.82 Å². The van der Waals surface area contributed by atoms with Gasteiger partial charge in [-0.15, -0.1) is 11.3 Å². The highest BCUT2D eigenvalue weighted by molar-refractivity contribution is 7.10. The van der Waals surface area contributed by atoms with E-state index in [1.54, 1.807) is 6.07 Å². The maximum atomic E-state index is 13.5. The molecule has 0 aliphatic rings. The highest BCUT2D eigenvalue weighted by Crippen LogP contribution is 2.19. The number of carbonyl (C=O) groups is 2. The van der Waals surface area contributed by atoms with Crippen molar-refractivity contribution in [1.29, 1.82) is 0 Å². The lowest BCUT2D eigenvalue weighted by atomic mass is 10.2. The maximum absolute atomic E-state index is 13.5. The molecule has 1 amide bonds. The molecular formula is C18H18FNO4S. The van der Waals surface area contributed by atoms with Crippen LogP contribution in [-0.4, -0.2) is 25.6 Å². The number of hydrogen-bond acceptors (Lipinski definition) is 5. The number of hydrogen-bond donors (Lipinski definition) is 1. The molecular weight excluding hydrogens is 345 g/mol. The van der Waals surface area contributed by atoms with Gasteiger partial charge in [-0.1, -0.05) is 12.1 Å². The summed E-state index contributed by atoms with van der Waals surface area (Å²) in [6.07, 6.45) is 2.54. The normalized spacial score (nSPS) is 12.0. The Labute approximate surface area is 149 Å². The summed E-state index contributed by atoms with van der Waals surface area (Å²) in [5.74, 6) is -1.48. The number of ether oxygens (including phenoxy) is 2. The number of benzene rings is 1. The molecule has 1 aromatic heterocycles. The number of carbonyl (C=O) groups excluding carboxylic acids is 2. The van der Waals surface area contributed by atoms with Crippen LogP contribution in [-0.2, 0) is 14.3 Å². The Morgan fingerprint density at radius 2 is 2.16 bits per heavy atom. The van der Waals surface area contributed by atoms with E-state index >= 15 is 0 Å². The van der Waals surface area contributed by atoms with E-state index in [1.807, 2.05) is 24.4 Å². The van der Waals surface area contributed by atoms with E-state index in [1.165, 1.54) is 36.7 Å². The van der Waals surface area contributed by atoms with Gasteiger partial charge in [0.1, 0.15) is 0 Å². The Morgan fingerprint density at radius 3 is 2.80 bits per heavy atom. The fourth-order valence-corrected chi connectivity index (χ4v) is 2.76. The van der Waals surface area contributed by atoms with Gasteiger partial charge in [0.25, 0.3) is 5.91 Å². The van der Waals surface area contributed by atoms with Crippen molar-refractivity contribution in [3.8, 4) is 5.75 Å². The molecule has 0 unspecified atom stereocenters. The fourth-order valence-electron chi connectivity index (χ4n) is 2.03. The lowest BCUT2D eigenvalue weighted by Gasteiger charge is -2.11. The summed E-state index contributed by atoms with van der Waals surface area (Å²) in [6.45, 7) is 1.47. The van der Waals surface area contributed by atoms with Crippen molar-refractivity contribution in [3.05, 3.63) is 58.0 Å². The summed E-state index contributed by atoms with van der Waals surface area (Å²) in [6, 6.07) is 7.95. The topological polar surface area (TPSA) is 64.6 Å². The van der Waals surface area contributed by atoms with Gasteiger partial charge in [0.2, 0.25) is 0 Å². The molecule has 1 N–H and O–H groups in total. The first kappa shape index (κ1) is 18.7. The number of nitrogens with one attached hydrogen (secondary N) is 1. The van der Waals surface area contributed by atoms with E-state index in [-0.39, 0.29) is 18.4 Å². The van der Waals surface area contributed by atoms with Gasteiger partial charge in [0.05, 0.1) is 13.2 Å². The van der Waals surface area contributed by atoms with Crippen LogP contribution in [0.4, 0.5) is 4.39 Å². The smallest absolute Gasteiger partial charge is 0.331 e. The van der Waals surface area contributed by atoms with Crippen molar-refractivity contribution in [2.45, 2.75) is 13.0 Å². The van der Waals surface area contributed by atoms with E-state index in [9.17, 15) is 14.0 Å². The molecule has 5 nitrogen and oxygen atoms in total. The van der Waals surface area contributed by atoms with Crippen LogP contribution >= 0.6 is 11.3 Å². The van der Waals surface area contributed by atoms with E-state index in [0.29, 0.717) is 5.56 Å². The van der Waals surface area contributed by atoms with E-state index in [0.717, 1.165) is 11.0 Å². The van der Waals surface area contributed by atoms with E-state index in [2.05, 4.69) is 5.32 Å². The molecule has 132 valence electrons. The highest BCUT2D eigenvalue weighted by Gasteiger charge is 2.11. The molecule has 0 radical (unpaired) electrons. The van der Waals surface area contributed by atoms with Crippen LogP contribution < -0.4 is 10.1 Å². The number of halogens is 1. The first-order chi connectivity index (χ1) is 12.0. The molecule has 1 aromatic carbocycles. The molecule has 25 heavy (non-hydrogen) atoms. The SMILES string of the molecule is COc1ccc(/C=C/C(=O)OCC(=O)N[C@@H](C)c2cccs2)cc1F. The summed E-state index contributed by atoms with van der Waals surface area (Å²) in [4.78, 5) is 24.4. The summed E-state index contributed by atoms with van der Waals surface area (Å²) in [5, 5.41) is 4.66. The van der Waals surface area contributed by atoms with Crippen LogP contribution in [0.25, 0.3) is 6.08 Å². The first-order valence-electron chi connectivity index (χ1n) is 7.50. The predicted octanol–water partition coefficient (Wildman–Crippen LogP) is 3.33. The Kier molecular flexibility index (Phi) is 6.71. The molecule has 2 aromatic rings. The van der Waals surface area contributed by atoms with Gasteiger partial charge in [0.15, 0.2) is 18.2 Å². The minimum Gasteiger partial charge on any atom is -0.494 e. The summed E-state index contributed by atoms with van der Waals surface area (Å²) in [5.41, 5.74) is 0.478. The number of amides is 1. The highest BCUT2D eigenvalue weighted by atomic mass is 32.1. The van der Waals surface area contributed by atoms with Gasteiger partial charge >= 0.3 is 5.97 Å². The van der Waals surface area contributed by atoms with Crippen LogP contribution in [0.15, 0.2) is 41.8 Å². The standard InChI is InChI=1S/C18H18FNO4S/c1-12(16-4-3-9-25-16)20-17(21)11-24-18(22)8-6-13-5-7-15(23-2)14(19)10-13/h3-10,12H,11H2,1-2H3,(H,20,21)/b8-6+/t12-/m0/s1. The number of esters is 1. The van der Waals surface area contributed by atoms with Crippen molar-refractivity contribution in [1.82, 2.24) is 5.32 Å². The molecule has 0 saturated carbocycles. The largest absolute Gasteiger partial charge is 0.494 e. The van der Waals surface area contributed by atoms with Crippen molar-refractivity contribution in [2.75, 3.05) is 13.7 Å². The van der Waals surface area contributed by atoms with Crippen LogP contribution in [0.5, 0.6) is 5.75 Å². The second-order valence-electron chi connectivity index (χ2n) is 5.14. The second kappa shape index (κ2) is 8.98. The molecule has 0 aliphatic heterocycles. The van der Waals surface area contributed by atoms with Crippen LogP contribution in [0.1, 0.15) is 23.4 Å². The lowest BCUT2D eigenvalue weighted by molar-refractivity contribution is -0.144. The lowest BCUT2D eigenvalue weighted by Crippen LogP contribution is -2.30.